The van der Waals surface area contributed by atoms with E-state index in [-0.39, 0.29) is 12.4 Å². The summed E-state index contributed by atoms with van der Waals surface area (Å²) in [6, 6.07) is 19.1. The van der Waals surface area contributed by atoms with E-state index in [9.17, 15) is 4.79 Å². The Morgan fingerprint density at radius 2 is 1.47 bits per heavy atom. The molecule has 0 unspecified atom stereocenters. The van der Waals surface area contributed by atoms with Crippen molar-refractivity contribution in [1.82, 2.24) is 0 Å². The molecule has 0 amide bonds. The maximum Gasteiger partial charge on any atom is 0.185 e. The van der Waals surface area contributed by atoms with Crippen LogP contribution in [-0.4, -0.2) is 17.5 Å². The average Bonchev–Trinajstić information content (AvgIpc) is 2.47. The summed E-state index contributed by atoms with van der Waals surface area (Å²) in [6.07, 6.45) is 3.43. The SMILES string of the molecule is CCO.O=C(C=Cc1ccccc1)c1ccccc1. The van der Waals surface area contributed by atoms with Gasteiger partial charge in [-0.15, -0.1) is 0 Å². The molecule has 0 saturated carbocycles. The number of carbonyl (C=O) groups is 1. The van der Waals surface area contributed by atoms with Crippen LogP contribution in [0.3, 0.4) is 0 Å². The fourth-order valence-corrected chi connectivity index (χ4v) is 1.43. The lowest BCUT2D eigenvalue weighted by Crippen LogP contribution is -1.92. The van der Waals surface area contributed by atoms with Crippen LogP contribution in [-0.2, 0) is 0 Å². The number of aliphatic hydroxyl groups excluding tert-OH is 1. The van der Waals surface area contributed by atoms with Gasteiger partial charge in [0.25, 0.3) is 0 Å². The van der Waals surface area contributed by atoms with Gasteiger partial charge in [0.05, 0.1) is 0 Å². The predicted molar refractivity (Wildman–Crippen MR) is 79.0 cm³/mol. The highest BCUT2D eigenvalue weighted by Crippen LogP contribution is 2.05. The standard InChI is InChI=1S/C15H12O.C2H6O/c16-15(14-9-5-2-6-10-14)12-11-13-7-3-1-4-8-13;1-2-3/h1-12H;3H,2H2,1H3. The van der Waals surface area contributed by atoms with Crippen molar-refractivity contribution in [2.24, 2.45) is 0 Å². The zero-order valence-electron chi connectivity index (χ0n) is 11.0. The van der Waals surface area contributed by atoms with Crippen LogP contribution in [0.2, 0.25) is 0 Å². The van der Waals surface area contributed by atoms with Gasteiger partial charge in [-0.25, -0.2) is 0 Å². The smallest absolute Gasteiger partial charge is 0.185 e. The zero-order chi connectivity index (χ0) is 13.9. The summed E-state index contributed by atoms with van der Waals surface area (Å²) in [4.78, 5) is 11.7. The Morgan fingerprint density at radius 3 is 2.00 bits per heavy atom. The molecular weight excluding hydrogens is 236 g/mol. The lowest BCUT2D eigenvalue weighted by Gasteiger charge is -1.94. The quantitative estimate of drug-likeness (QED) is 0.671. The average molecular weight is 254 g/mol. The van der Waals surface area contributed by atoms with E-state index < -0.39 is 0 Å². The topological polar surface area (TPSA) is 37.3 Å². The van der Waals surface area contributed by atoms with E-state index in [4.69, 9.17) is 5.11 Å². The van der Waals surface area contributed by atoms with Crippen molar-refractivity contribution < 1.29 is 9.90 Å². The molecule has 2 rings (SSSR count). The fraction of sp³-hybridized carbons (Fsp3) is 0.118. The van der Waals surface area contributed by atoms with Gasteiger partial charge in [0, 0.05) is 12.2 Å². The molecule has 98 valence electrons. The molecule has 2 aromatic carbocycles. The second-order valence-corrected chi connectivity index (χ2v) is 3.79. The Labute approximate surface area is 114 Å². The first-order valence-corrected chi connectivity index (χ1v) is 6.21. The molecule has 2 aromatic rings. The van der Waals surface area contributed by atoms with Gasteiger partial charge in [0.15, 0.2) is 5.78 Å². The van der Waals surface area contributed by atoms with Crippen molar-refractivity contribution in [3.8, 4) is 0 Å². The van der Waals surface area contributed by atoms with Gasteiger partial charge in [-0.3, -0.25) is 4.79 Å². The van der Waals surface area contributed by atoms with E-state index in [0.29, 0.717) is 0 Å². The minimum absolute atomic E-state index is 0.0319. The number of hydrogen-bond donors (Lipinski definition) is 1. The van der Waals surface area contributed by atoms with Crippen LogP contribution in [0.5, 0.6) is 0 Å². The Hall–Kier alpha value is -2.19. The Balaban J connectivity index is 0.000000550. The minimum Gasteiger partial charge on any atom is -0.397 e. The van der Waals surface area contributed by atoms with Gasteiger partial charge in [0.1, 0.15) is 0 Å². The van der Waals surface area contributed by atoms with Crippen LogP contribution in [0.1, 0.15) is 22.8 Å². The second-order valence-electron chi connectivity index (χ2n) is 3.79. The molecule has 0 fully saturated rings. The number of ketones is 1. The summed E-state index contributed by atoms with van der Waals surface area (Å²) in [5, 5.41) is 7.57. The largest absolute Gasteiger partial charge is 0.397 e. The number of benzene rings is 2. The summed E-state index contributed by atoms with van der Waals surface area (Å²) in [5.74, 6) is 0.0319. The number of hydrogen-bond acceptors (Lipinski definition) is 2. The van der Waals surface area contributed by atoms with Crippen molar-refractivity contribution in [3.05, 3.63) is 77.9 Å². The lowest BCUT2D eigenvalue weighted by molar-refractivity contribution is 0.104. The third kappa shape index (κ3) is 5.80. The summed E-state index contributed by atoms with van der Waals surface area (Å²) < 4.78 is 0. The number of rotatable bonds is 3. The van der Waals surface area contributed by atoms with Crippen molar-refractivity contribution in [1.29, 1.82) is 0 Å². The van der Waals surface area contributed by atoms with Crippen LogP contribution in [0, 0.1) is 0 Å². The molecule has 0 aliphatic heterocycles. The van der Waals surface area contributed by atoms with Crippen molar-refractivity contribution in [2.75, 3.05) is 6.61 Å². The molecule has 1 N–H and O–H groups in total. The van der Waals surface area contributed by atoms with Gasteiger partial charge >= 0.3 is 0 Å². The monoisotopic (exact) mass is 254 g/mol. The third-order valence-corrected chi connectivity index (χ3v) is 2.29. The number of carbonyl (C=O) groups excluding carboxylic acids is 1. The summed E-state index contributed by atoms with van der Waals surface area (Å²) >= 11 is 0. The molecule has 2 heteroatoms. The Kier molecular flexibility index (Phi) is 6.92. The highest BCUT2D eigenvalue weighted by molar-refractivity contribution is 6.06. The molecule has 0 aliphatic rings. The van der Waals surface area contributed by atoms with Crippen LogP contribution < -0.4 is 0 Å². The van der Waals surface area contributed by atoms with Crippen LogP contribution in [0.25, 0.3) is 6.08 Å². The van der Waals surface area contributed by atoms with Gasteiger partial charge in [-0.1, -0.05) is 66.7 Å². The Morgan fingerprint density at radius 1 is 1.00 bits per heavy atom. The predicted octanol–water partition coefficient (Wildman–Crippen LogP) is 3.58. The van der Waals surface area contributed by atoms with E-state index in [0.717, 1.165) is 11.1 Å². The zero-order valence-corrected chi connectivity index (χ0v) is 11.0. The molecular formula is C17H18O2. The molecule has 0 heterocycles. The first-order valence-electron chi connectivity index (χ1n) is 6.21. The third-order valence-electron chi connectivity index (χ3n) is 2.29. The number of allylic oxidation sites excluding steroid dienone is 1. The van der Waals surface area contributed by atoms with E-state index in [1.807, 2.05) is 66.7 Å². The van der Waals surface area contributed by atoms with E-state index >= 15 is 0 Å². The maximum absolute atomic E-state index is 11.7. The second kappa shape index (κ2) is 8.84. The summed E-state index contributed by atoms with van der Waals surface area (Å²) in [6.45, 7) is 1.93. The normalized spacial score (nSPS) is 9.79. The molecule has 0 aromatic heterocycles. The van der Waals surface area contributed by atoms with Crippen LogP contribution in [0.15, 0.2) is 66.7 Å². The highest BCUT2D eigenvalue weighted by atomic mass is 16.2. The van der Waals surface area contributed by atoms with Crippen molar-refractivity contribution in [3.63, 3.8) is 0 Å². The molecule has 0 saturated heterocycles. The van der Waals surface area contributed by atoms with E-state index in [2.05, 4.69) is 0 Å². The summed E-state index contributed by atoms with van der Waals surface area (Å²) in [5.41, 5.74) is 1.75. The molecule has 0 atom stereocenters. The van der Waals surface area contributed by atoms with Gasteiger partial charge in [-0.2, -0.15) is 0 Å². The molecule has 0 bridgehead atoms. The van der Waals surface area contributed by atoms with Gasteiger partial charge < -0.3 is 5.11 Å². The van der Waals surface area contributed by atoms with E-state index in [1.165, 1.54) is 0 Å². The molecule has 0 radical (unpaired) electrons. The first kappa shape index (κ1) is 14.9. The minimum atomic E-state index is 0.0319. The van der Waals surface area contributed by atoms with Gasteiger partial charge in [0.2, 0.25) is 0 Å². The molecule has 2 nitrogen and oxygen atoms in total. The van der Waals surface area contributed by atoms with Gasteiger partial charge in [-0.05, 0) is 18.6 Å². The van der Waals surface area contributed by atoms with Crippen LogP contribution >= 0.6 is 0 Å². The van der Waals surface area contributed by atoms with Crippen molar-refractivity contribution >= 4 is 11.9 Å². The summed E-state index contributed by atoms with van der Waals surface area (Å²) in [7, 11) is 0. The number of aliphatic hydroxyl groups is 1. The first-order chi connectivity index (χ1) is 9.27. The van der Waals surface area contributed by atoms with Crippen molar-refractivity contribution in [2.45, 2.75) is 6.92 Å². The van der Waals surface area contributed by atoms with Crippen LogP contribution in [0.4, 0.5) is 0 Å². The Bertz CT molecular complexity index is 501. The molecule has 0 spiro atoms. The highest BCUT2D eigenvalue weighted by Gasteiger charge is 1.98. The molecule has 0 aliphatic carbocycles. The fourth-order valence-electron chi connectivity index (χ4n) is 1.43. The maximum atomic E-state index is 11.7. The van der Waals surface area contributed by atoms with E-state index in [1.54, 1.807) is 13.0 Å². The lowest BCUT2D eigenvalue weighted by atomic mass is 10.1. The molecule has 19 heavy (non-hydrogen) atoms.